The van der Waals surface area contributed by atoms with E-state index in [9.17, 15) is 0 Å². The lowest BCUT2D eigenvalue weighted by molar-refractivity contribution is 0.373. The predicted octanol–water partition coefficient (Wildman–Crippen LogP) is 3.11. The Balaban J connectivity index is 1.72. The number of rotatable bonds is 4. The molecule has 0 amide bonds. The van der Waals surface area contributed by atoms with E-state index in [1.807, 2.05) is 30.3 Å². The summed E-state index contributed by atoms with van der Waals surface area (Å²) < 4.78 is 0. The van der Waals surface area contributed by atoms with E-state index >= 15 is 0 Å². The summed E-state index contributed by atoms with van der Waals surface area (Å²) in [5, 5.41) is 3.32. The lowest BCUT2D eigenvalue weighted by atomic mass is 9.89. The van der Waals surface area contributed by atoms with E-state index in [0.29, 0.717) is 11.8 Å². The van der Waals surface area contributed by atoms with E-state index < -0.39 is 0 Å². The van der Waals surface area contributed by atoms with Crippen molar-refractivity contribution in [2.75, 3.05) is 17.6 Å². The van der Waals surface area contributed by atoms with Crippen molar-refractivity contribution in [3.63, 3.8) is 0 Å². The van der Waals surface area contributed by atoms with Crippen LogP contribution in [0.5, 0.6) is 0 Å². The highest BCUT2D eigenvalue weighted by molar-refractivity contribution is 5.57. The number of anilines is 2. The number of nitrogens with zero attached hydrogens (tertiary/aromatic N) is 3. The summed E-state index contributed by atoms with van der Waals surface area (Å²) in [6.45, 7) is 0.914. The maximum Gasteiger partial charge on any atom is 0.228 e. The fourth-order valence-corrected chi connectivity index (χ4v) is 2.81. The number of nitrogens with two attached hydrogens (primary N) is 1. The molecule has 3 N–H and O–H groups in total. The van der Waals surface area contributed by atoms with Crippen LogP contribution in [0.2, 0.25) is 0 Å². The number of aromatic nitrogens is 3. The van der Waals surface area contributed by atoms with Gasteiger partial charge in [-0.25, -0.2) is 0 Å². The maximum absolute atomic E-state index is 5.80. The van der Waals surface area contributed by atoms with Gasteiger partial charge in [0, 0.05) is 12.1 Å². The molecule has 110 valence electrons. The van der Waals surface area contributed by atoms with Gasteiger partial charge in [-0.2, -0.15) is 15.0 Å². The van der Waals surface area contributed by atoms with Gasteiger partial charge in [0.1, 0.15) is 0 Å². The van der Waals surface area contributed by atoms with Crippen LogP contribution in [0.25, 0.3) is 11.4 Å². The minimum atomic E-state index is 0.259. The smallest absolute Gasteiger partial charge is 0.228 e. The normalized spacial score (nSPS) is 15.8. The van der Waals surface area contributed by atoms with Gasteiger partial charge in [0.25, 0.3) is 0 Å². The molecule has 2 aromatic rings. The van der Waals surface area contributed by atoms with E-state index in [0.717, 1.165) is 18.0 Å². The average molecular weight is 283 g/mol. The standard InChI is InChI=1S/C16H21N5/c17-15-19-14(13-9-5-2-6-10-13)20-16(21-15)18-11-12-7-3-1-4-8-12/h2,5-6,9-10,12H,1,3-4,7-8,11H2,(H3,17,18,19,20,21). The molecule has 0 aliphatic heterocycles. The van der Waals surface area contributed by atoms with E-state index in [1.54, 1.807) is 0 Å². The van der Waals surface area contributed by atoms with Crippen molar-refractivity contribution in [1.82, 2.24) is 15.0 Å². The molecule has 0 unspecified atom stereocenters. The zero-order valence-electron chi connectivity index (χ0n) is 12.1. The Labute approximate surface area is 125 Å². The van der Waals surface area contributed by atoms with Crippen molar-refractivity contribution >= 4 is 11.9 Å². The molecule has 0 atom stereocenters. The Morgan fingerprint density at radius 3 is 2.52 bits per heavy atom. The third kappa shape index (κ3) is 3.68. The average Bonchev–Trinajstić information content (AvgIpc) is 2.54. The van der Waals surface area contributed by atoms with E-state index in [1.165, 1.54) is 32.1 Å². The van der Waals surface area contributed by atoms with Crippen molar-refractivity contribution < 1.29 is 0 Å². The number of benzene rings is 1. The molecule has 5 heteroatoms. The molecular formula is C16H21N5. The van der Waals surface area contributed by atoms with Crippen molar-refractivity contribution in [3.05, 3.63) is 30.3 Å². The highest BCUT2D eigenvalue weighted by Crippen LogP contribution is 2.24. The fraction of sp³-hybridized carbons (Fsp3) is 0.438. The number of hydrogen-bond donors (Lipinski definition) is 2. The second kappa shape index (κ2) is 6.52. The van der Waals surface area contributed by atoms with Crippen LogP contribution in [0.4, 0.5) is 11.9 Å². The van der Waals surface area contributed by atoms with Gasteiger partial charge in [-0.05, 0) is 18.8 Å². The first-order chi connectivity index (χ1) is 10.3. The van der Waals surface area contributed by atoms with Crippen molar-refractivity contribution in [2.45, 2.75) is 32.1 Å². The van der Waals surface area contributed by atoms with Gasteiger partial charge in [0.2, 0.25) is 11.9 Å². The molecule has 0 radical (unpaired) electrons. The summed E-state index contributed by atoms with van der Waals surface area (Å²) in [5.41, 5.74) is 6.75. The van der Waals surface area contributed by atoms with E-state index in [4.69, 9.17) is 5.73 Å². The first-order valence-corrected chi connectivity index (χ1v) is 7.62. The topological polar surface area (TPSA) is 76.7 Å². The monoisotopic (exact) mass is 283 g/mol. The van der Waals surface area contributed by atoms with Crippen molar-refractivity contribution in [3.8, 4) is 11.4 Å². The summed E-state index contributed by atoms with van der Waals surface area (Å²) in [6.07, 6.45) is 6.62. The van der Waals surface area contributed by atoms with Crippen LogP contribution in [0, 0.1) is 5.92 Å². The zero-order chi connectivity index (χ0) is 14.5. The Morgan fingerprint density at radius 2 is 1.76 bits per heavy atom. The van der Waals surface area contributed by atoms with Crippen LogP contribution in [-0.2, 0) is 0 Å². The summed E-state index contributed by atoms with van der Waals surface area (Å²) in [5.74, 6) is 2.17. The highest BCUT2D eigenvalue weighted by atomic mass is 15.2. The molecule has 1 aliphatic carbocycles. The van der Waals surface area contributed by atoms with Crippen molar-refractivity contribution in [1.29, 1.82) is 0 Å². The summed E-state index contributed by atoms with van der Waals surface area (Å²) >= 11 is 0. The molecule has 0 saturated heterocycles. The van der Waals surface area contributed by atoms with Crippen LogP contribution in [-0.4, -0.2) is 21.5 Å². The quantitative estimate of drug-likeness (QED) is 0.901. The van der Waals surface area contributed by atoms with Gasteiger partial charge in [0.05, 0.1) is 0 Å². The highest BCUT2D eigenvalue weighted by Gasteiger charge is 2.14. The van der Waals surface area contributed by atoms with Gasteiger partial charge < -0.3 is 11.1 Å². The Kier molecular flexibility index (Phi) is 4.28. The van der Waals surface area contributed by atoms with Crippen LogP contribution < -0.4 is 11.1 Å². The predicted molar refractivity (Wildman–Crippen MR) is 84.7 cm³/mol. The molecule has 1 aromatic carbocycles. The third-order valence-corrected chi connectivity index (χ3v) is 3.96. The molecule has 1 fully saturated rings. The molecule has 0 spiro atoms. The first-order valence-electron chi connectivity index (χ1n) is 7.62. The first kappa shape index (κ1) is 13.8. The second-order valence-electron chi connectivity index (χ2n) is 5.59. The largest absolute Gasteiger partial charge is 0.368 e. The Hall–Kier alpha value is -2.17. The lowest BCUT2D eigenvalue weighted by Gasteiger charge is -2.21. The molecule has 1 aliphatic rings. The van der Waals surface area contributed by atoms with Crippen LogP contribution >= 0.6 is 0 Å². The molecule has 1 saturated carbocycles. The van der Waals surface area contributed by atoms with Crippen LogP contribution in [0.1, 0.15) is 32.1 Å². The number of nitrogen functional groups attached to an aromatic ring is 1. The Bertz CT molecular complexity index is 578. The van der Waals surface area contributed by atoms with E-state index in [-0.39, 0.29) is 5.95 Å². The summed E-state index contributed by atoms with van der Waals surface area (Å²) in [7, 11) is 0. The Morgan fingerprint density at radius 1 is 1.00 bits per heavy atom. The van der Waals surface area contributed by atoms with Gasteiger partial charge in [-0.15, -0.1) is 0 Å². The van der Waals surface area contributed by atoms with Gasteiger partial charge in [-0.3, -0.25) is 0 Å². The SMILES string of the molecule is Nc1nc(NCC2CCCCC2)nc(-c2ccccc2)n1. The molecule has 21 heavy (non-hydrogen) atoms. The van der Waals surface area contributed by atoms with E-state index in [2.05, 4.69) is 20.3 Å². The zero-order valence-corrected chi connectivity index (χ0v) is 12.1. The minimum Gasteiger partial charge on any atom is -0.368 e. The second-order valence-corrected chi connectivity index (χ2v) is 5.59. The summed E-state index contributed by atoms with van der Waals surface area (Å²) in [4.78, 5) is 12.9. The maximum atomic E-state index is 5.80. The lowest BCUT2D eigenvalue weighted by Crippen LogP contribution is -2.19. The van der Waals surface area contributed by atoms with Gasteiger partial charge in [0.15, 0.2) is 5.82 Å². The minimum absolute atomic E-state index is 0.259. The van der Waals surface area contributed by atoms with Crippen LogP contribution in [0.15, 0.2) is 30.3 Å². The number of hydrogen-bond acceptors (Lipinski definition) is 5. The molecule has 3 rings (SSSR count). The van der Waals surface area contributed by atoms with Crippen molar-refractivity contribution in [2.24, 2.45) is 5.92 Å². The van der Waals surface area contributed by atoms with Gasteiger partial charge in [-0.1, -0.05) is 49.6 Å². The molecule has 1 heterocycles. The number of nitrogens with one attached hydrogen (secondary N) is 1. The molecule has 0 bridgehead atoms. The van der Waals surface area contributed by atoms with Crippen LogP contribution in [0.3, 0.4) is 0 Å². The molecule has 1 aromatic heterocycles. The van der Waals surface area contributed by atoms with Gasteiger partial charge >= 0.3 is 0 Å². The third-order valence-electron chi connectivity index (χ3n) is 3.96. The molecular weight excluding hydrogens is 262 g/mol. The summed E-state index contributed by atoms with van der Waals surface area (Å²) in [6, 6.07) is 9.84. The fourth-order valence-electron chi connectivity index (χ4n) is 2.81. The molecule has 5 nitrogen and oxygen atoms in total.